The molecule has 0 aromatic heterocycles. The summed E-state index contributed by atoms with van der Waals surface area (Å²) in [6.45, 7) is -0.274. The predicted octanol–water partition coefficient (Wildman–Crippen LogP) is -0.198. The molecule has 2 heterocycles. The SMILES string of the molecule is CS(=O)(=O)CC1(C(=O)ON2C(=O)c3ccccc3C2=O)COC1. The number of sulfone groups is 1. The first-order chi connectivity index (χ1) is 10.7. The average molecular weight is 339 g/mol. The number of carbonyl (C=O) groups is 3. The Bertz CT molecular complexity index is 775. The van der Waals surface area contributed by atoms with Gasteiger partial charge in [0.2, 0.25) is 0 Å². The van der Waals surface area contributed by atoms with Crippen LogP contribution in [0.5, 0.6) is 0 Å². The molecule has 9 heteroatoms. The Balaban J connectivity index is 1.82. The van der Waals surface area contributed by atoms with Gasteiger partial charge < -0.3 is 9.57 Å². The minimum absolute atomic E-state index is 0.132. The molecule has 1 fully saturated rings. The summed E-state index contributed by atoms with van der Waals surface area (Å²) in [5.41, 5.74) is -1.12. The van der Waals surface area contributed by atoms with Gasteiger partial charge in [0.25, 0.3) is 11.8 Å². The Labute approximate surface area is 131 Å². The first-order valence-electron chi connectivity index (χ1n) is 6.69. The molecule has 23 heavy (non-hydrogen) atoms. The zero-order valence-electron chi connectivity index (χ0n) is 12.1. The van der Waals surface area contributed by atoms with Crippen molar-refractivity contribution in [2.45, 2.75) is 0 Å². The van der Waals surface area contributed by atoms with Crippen LogP contribution in [-0.4, -0.2) is 56.5 Å². The summed E-state index contributed by atoms with van der Waals surface area (Å²) in [4.78, 5) is 41.5. The number of benzene rings is 1. The van der Waals surface area contributed by atoms with Gasteiger partial charge in [-0.05, 0) is 12.1 Å². The number of amides is 2. The molecule has 1 saturated heterocycles. The van der Waals surface area contributed by atoms with Crippen molar-refractivity contribution in [3.05, 3.63) is 35.4 Å². The monoisotopic (exact) mass is 339 g/mol. The average Bonchev–Trinajstić information content (AvgIpc) is 2.67. The number of hydrogen-bond acceptors (Lipinski definition) is 7. The summed E-state index contributed by atoms with van der Waals surface area (Å²) >= 11 is 0. The Morgan fingerprint density at radius 1 is 1.22 bits per heavy atom. The lowest BCUT2D eigenvalue weighted by atomic mass is 9.89. The van der Waals surface area contributed by atoms with E-state index >= 15 is 0 Å². The maximum Gasteiger partial charge on any atom is 0.345 e. The zero-order valence-corrected chi connectivity index (χ0v) is 13.0. The molecule has 2 amide bonds. The Hall–Kier alpha value is -2.26. The van der Waals surface area contributed by atoms with Gasteiger partial charge >= 0.3 is 5.97 Å². The van der Waals surface area contributed by atoms with E-state index in [0.717, 1.165) is 6.26 Å². The first-order valence-corrected chi connectivity index (χ1v) is 8.75. The van der Waals surface area contributed by atoms with Gasteiger partial charge in [0.1, 0.15) is 15.3 Å². The van der Waals surface area contributed by atoms with E-state index < -0.39 is 38.8 Å². The highest BCUT2D eigenvalue weighted by molar-refractivity contribution is 7.90. The van der Waals surface area contributed by atoms with E-state index in [-0.39, 0.29) is 24.3 Å². The molecule has 122 valence electrons. The summed E-state index contributed by atoms with van der Waals surface area (Å²) in [6, 6.07) is 6.06. The number of hydroxylamine groups is 2. The third kappa shape index (κ3) is 2.62. The fourth-order valence-corrected chi connectivity index (χ4v) is 3.83. The highest BCUT2D eigenvalue weighted by Crippen LogP contribution is 2.32. The van der Waals surface area contributed by atoms with Crippen LogP contribution in [0.1, 0.15) is 20.7 Å². The minimum atomic E-state index is -3.47. The molecular formula is C14H13NO7S. The molecule has 0 radical (unpaired) electrons. The van der Waals surface area contributed by atoms with Crippen molar-refractivity contribution < 1.29 is 32.4 Å². The van der Waals surface area contributed by atoms with Crippen molar-refractivity contribution in [1.29, 1.82) is 0 Å². The number of fused-ring (bicyclic) bond motifs is 1. The smallest absolute Gasteiger partial charge is 0.345 e. The Morgan fingerprint density at radius 3 is 2.13 bits per heavy atom. The molecule has 0 bridgehead atoms. The fraction of sp³-hybridized carbons (Fsp3) is 0.357. The van der Waals surface area contributed by atoms with E-state index in [9.17, 15) is 22.8 Å². The third-order valence-electron chi connectivity index (χ3n) is 3.66. The van der Waals surface area contributed by atoms with Crippen molar-refractivity contribution in [2.24, 2.45) is 5.41 Å². The van der Waals surface area contributed by atoms with Crippen molar-refractivity contribution in [1.82, 2.24) is 5.06 Å². The van der Waals surface area contributed by atoms with E-state index in [1.807, 2.05) is 0 Å². The van der Waals surface area contributed by atoms with Crippen molar-refractivity contribution in [3.8, 4) is 0 Å². The van der Waals surface area contributed by atoms with Crippen LogP contribution in [0.4, 0.5) is 0 Å². The van der Waals surface area contributed by atoms with Gasteiger partial charge in [-0.15, -0.1) is 0 Å². The van der Waals surface area contributed by atoms with Gasteiger partial charge in [-0.1, -0.05) is 17.2 Å². The van der Waals surface area contributed by atoms with Gasteiger partial charge in [0.15, 0.2) is 0 Å². The van der Waals surface area contributed by atoms with Crippen LogP contribution in [0.15, 0.2) is 24.3 Å². The molecule has 1 aromatic rings. The van der Waals surface area contributed by atoms with Crippen LogP contribution < -0.4 is 0 Å². The van der Waals surface area contributed by atoms with E-state index in [1.54, 1.807) is 12.1 Å². The predicted molar refractivity (Wildman–Crippen MR) is 76.0 cm³/mol. The van der Waals surface area contributed by atoms with Crippen molar-refractivity contribution >= 4 is 27.6 Å². The van der Waals surface area contributed by atoms with Gasteiger partial charge in [-0.25, -0.2) is 13.2 Å². The summed E-state index contributed by atoms with van der Waals surface area (Å²) in [6.07, 6.45) is 0.988. The van der Waals surface area contributed by atoms with Gasteiger partial charge in [0.05, 0.1) is 30.1 Å². The van der Waals surface area contributed by atoms with E-state index in [0.29, 0.717) is 5.06 Å². The van der Waals surface area contributed by atoms with Crippen LogP contribution in [0.2, 0.25) is 0 Å². The minimum Gasteiger partial charge on any atom is -0.379 e. The molecule has 0 unspecified atom stereocenters. The number of hydrogen-bond donors (Lipinski definition) is 0. The lowest BCUT2D eigenvalue weighted by molar-refractivity contribution is -0.203. The number of imide groups is 1. The zero-order chi connectivity index (χ0) is 16.8. The maximum atomic E-state index is 12.3. The van der Waals surface area contributed by atoms with Gasteiger partial charge in [0, 0.05) is 6.26 Å². The molecule has 0 atom stereocenters. The second-order valence-corrected chi connectivity index (χ2v) is 7.81. The fourth-order valence-electron chi connectivity index (χ4n) is 2.54. The lowest BCUT2D eigenvalue weighted by Gasteiger charge is -2.38. The second-order valence-electron chi connectivity index (χ2n) is 5.67. The Kier molecular flexibility index (Phi) is 3.49. The molecule has 8 nitrogen and oxygen atoms in total. The number of ether oxygens (including phenoxy) is 1. The van der Waals surface area contributed by atoms with Crippen LogP contribution in [0, 0.1) is 5.41 Å². The second kappa shape index (κ2) is 5.14. The highest BCUT2D eigenvalue weighted by Gasteiger charge is 2.52. The standard InChI is InChI=1S/C14H13NO7S/c1-23(19,20)8-14(6-21-7-14)13(18)22-15-11(16)9-4-2-3-5-10(9)12(15)17/h2-5H,6-8H2,1H3. The third-order valence-corrected chi connectivity index (χ3v) is 4.74. The Morgan fingerprint density at radius 2 is 1.74 bits per heavy atom. The van der Waals surface area contributed by atoms with Crippen molar-refractivity contribution in [3.63, 3.8) is 0 Å². The van der Waals surface area contributed by atoms with Crippen LogP contribution in [-0.2, 0) is 24.2 Å². The summed E-state index contributed by atoms with van der Waals surface area (Å²) < 4.78 is 27.9. The summed E-state index contributed by atoms with van der Waals surface area (Å²) in [7, 11) is -3.47. The maximum absolute atomic E-state index is 12.3. The lowest BCUT2D eigenvalue weighted by Crippen LogP contribution is -2.55. The highest BCUT2D eigenvalue weighted by atomic mass is 32.2. The van der Waals surface area contributed by atoms with E-state index in [4.69, 9.17) is 9.57 Å². The molecule has 2 aliphatic rings. The molecular weight excluding hydrogens is 326 g/mol. The summed E-state index contributed by atoms with van der Waals surface area (Å²) in [5.74, 6) is -2.95. The van der Waals surface area contributed by atoms with Gasteiger partial charge in [-0.2, -0.15) is 0 Å². The number of carbonyl (C=O) groups excluding carboxylic acids is 3. The van der Waals surface area contributed by atoms with E-state index in [2.05, 4.69) is 0 Å². The molecule has 2 aliphatic heterocycles. The normalized spacial score (nSPS) is 19.3. The van der Waals surface area contributed by atoms with Crippen molar-refractivity contribution in [2.75, 3.05) is 25.2 Å². The largest absolute Gasteiger partial charge is 0.379 e. The quantitative estimate of drug-likeness (QED) is 0.699. The number of nitrogens with zero attached hydrogens (tertiary/aromatic N) is 1. The molecule has 1 aromatic carbocycles. The molecule has 0 spiro atoms. The molecule has 0 saturated carbocycles. The van der Waals surface area contributed by atoms with Gasteiger partial charge in [-0.3, -0.25) is 9.59 Å². The molecule has 0 N–H and O–H groups in total. The molecule has 3 rings (SSSR count). The summed E-state index contributed by atoms with van der Waals surface area (Å²) in [5, 5.41) is 0.370. The van der Waals surface area contributed by atoms with Crippen LogP contribution in [0.25, 0.3) is 0 Å². The number of rotatable bonds is 4. The first kappa shape index (κ1) is 15.6. The molecule has 0 aliphatic carbocycles. The van der Waals surface area contributed by atoms with Crippen LogP contribution >= 0.6 is 0 Å². The topological polar surface area (TPSA) is 107 Å². The van der Waals surface area contributed by atoms with E-state index in [1.165, 1.54) is 12.1 Å². The van der Waals surface area contributed by atoms with Crippen LogP contribution in [0.3, 0.4) is 0 Å².